The molecular formula is C17H24N6O4. The molecule has 1 unspecified atom stereocenters. The van der Waals surface area contributed by atoms with E-state index >= 15 is 0 Å². The highest BCUT2D eigenvalue weighted by molar-refractivity contribution is 6.29. The predicted octanol–water partition coefficient (Wildman–Crippen LogP) is -0.194. The van der Waals surface area contributed by atoms with Crippen LogP contribution in [0.25, 0.3) is 0 Å². The molecule has 0 aliphatic heterocycles. The van der Waals surface area contributed by atoms with Crippen molar-refractivity contribution >= 4 is 35.4 Å². The summed E-state index contributed by atoms with van der Waals surface area (Å²) in [5, 5.41) is 31.4. The molecule has 27 heavy (non-hydrogen) atoms. The molecule has 0 saturated carbocycles. The third-order valence-electron chi connectivity index (χ3n) is 3.53. The first-order valence-corrected chi connectivity index (χ1v) is 8.29. The number of rotatable bonds is 12. The first kappa shape index (κ1) is 21.8. The van der Waals surface area contributed by atoms with Crippen molar-refractivity contribution in [3.8, 4) is 0 Å². The Morgan fingerprint density at radius 2 is 1.89 bits per heavy atom. The van der Waals surface area contributed by atoms with Gasteiger partial charge in [-0.3, -0.25) is 9.59 Å². The summed E-state index contributed by atoms with van der Waals surface area (Å²) in [6, 6.07) is 5.06. The van der Waals surface area contributed by atoms with E-state index in [4.69, 9.17) is 16.6 Å². The molecule has 0 aromatic heterocycles. The van der Waals surface area contributed by atoms with Gasteiger partial charge in [-0.15, -0.1) is 0 Å². The van der Waals surface area contributed by atoms with Gasteiger partial charge in [0.05, 0.1) is 12.3 Å². The van der Waals surface area contributed by atoms with Crippen molar-refractivity contribution in [2.45, 2.75) is 18.9 Å². The molecule has 0 saturated heterocycles. The van der Waals surface area contributed by atoms with Crippen molar-refractivity contribution in [2.24, 2.45) is 5.73 Å². The first-order valence-electron chi connectivity index (χ1n) is 8.29. The van der Waals surface area contributed by atoms with Crippen molar-refractivity contribution in [3.63, 3.8) is 0 Å². The molecule has 146 valence electrons. The molecular weight excluding hydrogens is 352 g/mol. The van der Waals surface area contributed by atoms with Crippen LogP contribution in [0.2, 0.25) is 0 Å². The smallest absolute Gasteiger partial charge is 0.326 e. The Hall–Kier alpha value is -3.27. The number of carbonyl (C=O) groups excluding carboxylic acids is 2. The van der Waals surface area contributed by atoms with Crippen LogP contribution in [-0.2, 0) is 9.59 Å². The second kappa shape index (κ2) is 11.4. The third-order valence-corrected chi connectivity index (χ3v) is 3.53. The van der Waals surface area contributed by atoms with E-state index in [0.717, 1.165) is 6.21 Å². The summed E-state index contributed by atoms with van der Waals surface area (Å²) in [7, 11) is 0. The molecule has 0 spiro atoms. The number of carboxylic acid groups (broad SMARTS) is 1. The van der Waals surface area contributed by atoms with E-state index in [2.05, 4.69) is 16.0 Å². The molecule has 0 fully saturated rings. The second-order valence-electron chi connectivity index (χ2n) is 5.64. The van der Waals surface area contributed by atoms with Gasteiger partial charge in [0.25, 0.3) is 5.91 Å². The first-order chi connectivity index (χ1) is 12.9. The Morgan fingerprint density at radius 1 is 1.22 bits per heavy atom. The number of aliphatic carboxylic acids is 1. The van der Waals surface area contributed by atoms with Crippen molar-refractivity contribution in [3.05, 3.63) is 29.8 Å². The fourth-order valence-corrected chi connectivity index (χ4v) is 2.06. The predicted molar refractivity (Wildman–Crippen MR) is 102 cm³/mol. The Balaban J connectivity index is 2.60. The standard InChI is InChI=1S/C17H24N6O4/c18-7-8-21-15(24)6-5-14(17(26)27)23-16(25)11-1-3-13(4-2-11)22-10-12(20)9-19/h1-4,9,14,19-20,22H,5-8,10,18H2,(H,21,24)(H,23,25)(H,26,27). The summed E-state index contributed by atoms with van der Waals surface area (Å²) in [4.78, 5) is 35.1. The van der Waals surface area contributed by atoms with Crippen LogP contribution < -0.4 is 21.7 Å². The van der Waals surface area contributed by atoms with Crippen molar-refractivity contribution in [2.75, 3.05) is 25.0 Å². The number of hydrogen-bond acceptors (Lipinski definition) is 7. The maximum Gasteiger partial charge on any atom is 0.326 e. The lowest BCUT2D eigenvalue weighted by molar-refractivity contribution is -0.139. The van der Waals surface area contributed by atoms with Gasteiger partial charge in [-0.25, -0.2) is 4.79 Å². The van der Waals surface area contributed by atoms with Crippen LogP contribution in [-0.4, -0.2) is 60.5 Å². The van der Waals surface area contributed by atoms with Crippen LogP contribution in [0.5, 0.6) is 0 Å². The van der Waals surface area contributed by atoms with E-state index in [9.17, 15) is 19.5 Å². The number of nitrogens with one attached hydrogen (secondary N) is 5. The van der Waals surface area contributed by atoms with E-state index in [1.165, 1.54) is 12.1 Å². The summed E-state index contributed by atoms with van der Waals surface area (Å²) in [6.07, 6.45) is 0.846. The number of hydrogen-bond donors (Lipinski definition) is 7. The van der Waals surface area contributed by atoms with Crippen LogP contribution in [0.1, 0.15) is 23.2 Å². The minimum atomic E-state index is -1.22. The highest BCUT2D eigenvalue weighted by atomic mass is 16.4. The lowest BCUT2D eigenvalue weighted by Gasteiger charge is -2.15. The molecule has 8 N–H and O–H groups in total. The molecule has 0 heterocycles. The van der Waals surface area contributed by atoms with Crippen molar-refractivity contribution < 1.29 is 19.5 Å². The van der Waals surface area contributed by atoms with Gasteiger partial charge >= 0.3 is 5.97 Å². The lowest BCUT2D eigenvalue weighted by atomic mass is 10.1. The normalized spacial score (nSPS) is 11.1. The molecule has 10 heteroatoms. The average molecular weight is 376 g/mol. The van der Waals surface area contributed by atoms with Crippen LogP contribution in [0, 0.1) is 10.8 Å². The Morgan fingerprint density at radius 3 is 2.44 bits per heavy atom. The van der Waals surface area contributed by atoms with E-state index in [-0.39, 0.29) is 43.1 Å². The highest BCUT2D eigenvalue weighted by Crippen LogP contribution is 2.10. The van der Waals surface area contributed by atoms with Crippen LogP contribution in [0.15, 0.2) is 24.3 Å². The molecule has 10 nitrogen and oxygen atoms in total. The van der Waals surface area contributed by atoms with E-state index < -0.39 is 17.9 Å². The second-order valence-corrected chi connectivity index (χ2v) is 5.64. The quantitative estimate of drug-likeness (QED) is 0.248. The third kappa shape index (κ3) is 8.10. The summed E-state index contributed by atoms with van der Waals surface area (Å²) in [5.41, 5.74) is 6.30. The van der Waals surface area contributed by atoms with Crippen LogP contribution >= 0.6 is 0 Å². The van der Waals surface area contributed by atoms with E-state index in [1.54, 1.807) is 12.1 Å². The molecule has 0 radical (unpaired) electrons. The van der Waals surface area contributed by atoms with E-state index in [0.29, 0.717) is 12.2 Å². The van der Waals surface area contributed by atoms with Gasteiger partial charge in [0.2, 0.25) is 5.91 Å². The fraction of sp³-hybridized carbons (Fsp3) is 0.353. The summed E-state index contributed by atoms with van der Waals surface area (Å²) >= 11 is 0. The summed E-state index contributed by atoms with van der Waals surface area (Å²) < 4.78 is 0. The zero-order valence-corrected chi connectivity index (χ0v) is 14.7. The maximum absolute atomic E-state index is 12.2. The molecule has 0 aliphatic rings. The number of carboxylic acids is 1. The minimum Gasteiger partial charge on any atom is -0.480 e. The molecule has 0 bridgehead atoms. The van der Waals surface area contributed by atoms with Crippen LogP contribution in [0.4, 0.5) is 5.69 Å². The van der Waals surface area contributed by atoms with Gasteiger partial charge in [0.15, 0.2) is 0 Å². The van der Waals surface area contributed by atoms with Crippen LogP contribution in [0.3, 0.4) is 0 Å². The van der Waals surface area contributed by atoms with Gasteiger partial charge in [-0.2, -0.15) is 0 Å². The number of amides is 2. The lowest BCUT2D eigenvalue weighted by Crippen LogP contribution is -2.41. The summed E-state index contributed by atoms with van der Waals surface area (Å²) in [6.45, 7) is 0.781. The van der Waals surface area contributed by atoms with Gasteiger partial charge in [0.1, 0.15) is 6.04 Å². The zero-order chi connectivity index (χ0) is 20.2. The summed E-state index contributed by atoms with van der Waals surface area (Å²) in [5.74, 6) is -2.12. The topological polar surface area (TPSA) is 181 Å². The maximum atomic E-state index is 12.2. The van der Waals surface area contributed by atoms with Gasteiger partial charge < -0.3 is 37.6 Å². The van der Waals surface area contributed by atoms with E-state index in [1.807, 2.05) is 0 Å². The van der Waals surface area contributed by atoms with Crippen molar-refractivity contribution in [1.29, 1.82) is 10.8 Å². The molecule has 1 aromatic carbocycles. The number of benzene rings is 1. The minimum absolute atomic E-state index is 0.0388. The SMILES string of the molecule is N=CC(=N)CNc1ccc(C(=O)NC(CCC(=O)NCCN)C(=O)O)cc1. The monoisotopic (exact) mass is 376 g/mol. The Labute approximate surface area is 156 Å². The number of nitrogens with two attached hydrogens (primary N) is 1. The van der Waals surface area contributed by atoms with Crippen molar-refractivity contribution in [1.82, 2.24) is 10.6 Å². The Kier molecular flexibility index (Phi) is 9.16. The zero-order valence-electron chi connectivity index (χ0n) is 14.7. The average Bonchev–Trinajstić information content (AvgIpc) is 2.67. The van der Waals surface area contributed by atoms with Gasteiger partial charge in [0, 0.05) is 37.0 Å². The molecule has 0 aliphatic carbocycles. The largest absolute Gasteiger partial charge is 0.480 e. The fourth-order valence-electron chi connectivity index (χ4n) is 2.06. The Bertz CT molecular complexity index is 689. The molecule has 2 amide bonds. The molecule has 1 rings (SSSR count). The van der Waals surface area contributed by atoms with Gasteiger partial charge in [-0.1, -0.05) is 0 Å². The van der Waals surface area contributed by atoms with Gasteiger partial charge in [-0.05, 0) is 30.7 Å². The number of anilines is 1. The molecule has 1 aromatic rings. The highest BCUT2D eigenvalue weighted by Gasteiger charge is 2.21. The molecule has 1 atom stereocenters. The number of carbonyl (C=O) groups is 3.